The minimum atomic E-state index is -0.128. The molecule has 1 N–H and O–H groups in total. The molecule has 1 aromatic carbocycles. The molecule has 0 aliphatic carbocycles. The smallest absolute Gasteiger partial charge is 0.259 e. The van der Waals surface area contributed by atoms with Crippen LogP contribution in [0.25, 0.3) is 0 Å². The van der Waals surface area contributed by atoms with Gasteiger partial charge in [0.1, 0.15) is 5.56 Å². The van der Waals surface area contributed by atoms with E-state index in [2.05, 4.69) is 35.5 Å². The van der Waals surface area contributed by atoms with Crippen molar-refractivity contribution in [1.82, 2.24) is 15.1 Å². The number of fused-ring (bicyclic) bond motifs is 1. The lowest BCUT2D eigenvalue weighted by atomic mass is 10.0. The van der Waals surface area contributed by atoms with E-state index in [-0.39, 0.29) is 11.9 Å². The van der Waals surface area contributed by atoms with E-state index in [0.717, 1.165) is 12.2 Å². The van der Waals surface area contributed by atoms with Crippen molar-refractivity contribution in [2.24, 2.45) is 7.05 Å². The summed E-state index contributed by atoms with van der Waals surface area (Å²) in [6.45, 7) is 3.90. The zero-order valence-electron chi connectivity index (χ0n) is 13.8. The van der Waals surface area contributed by atoms with Gasteiger partial charge in [0.25, 0.3) is 5.91 Å². The highest BCUT2D eigenvalue weighted by Gasteiger charge is 2.27. The molecule has 23 heavy (non-hydrogen) atoms. The summed E-state index contributed by atoms with van der Waals surface area (Å²) in [4.78, 5) is 14.0. The number of hydrogen-bond donors (Lipinski definition) is 1. The lowest BCUT2D eigenvalue weighted by Gasteiger charge is -2.26. The second kappa shape index (κ2) is 6.28. The standard InChI is InChI=1S/C17H21N3O2S/c1-10-5-6-14-12(9-10)13(7-8-23-14)18-16(21)15-11(2)19-20(3)17(15)22-4/h5-6,9,13H,7-8H2,1-4H3,(H,18,21)/t13-/m1/s1. The number of nitrogens with one attached hydrogen (secondary N) is 1. The third-order valence-corrected chi connectivity index (χ3v) is 5.22. The summed E-state index contributed by atoms with van der Waals surface area (Å²) < 4.78 is 6.93. The number of nitrogens with zero attached hydrogens (tertiary/aromatic N) is 2. The van der Waals surface area contributed by atoms with Gasteiger partial charge in [0.2, 0.25) is 5.88 Å². The van der Waals surface area contributed by atoms with Gasteiger partial charge in [0, 0.05) is 17.7 Å². The van der Waals surface area contributed by atoms with Crippen molar-refractivity contribution in [3.8, 4) is 5.88 Å². The van der Waals surface area contributed by atoms with Crippen LogP contribution in [0.2, 0.25) is 0 Å². The predicted molar refractivity (Wildman–Crippen MR) is 91.2 cm³/mol. The molecule has 1 aliphatic rings. The van der Waals surface area contributed by atoms with Gasteiger partial charge in [-0.05, 0) is 31.9 Å². The van der Waals surface area contributed by atoms with E-state index in [1.165, 1.54) is 16.0 Å². The SMILES string of the molecule is COc1c(C(=O)N[C@@H]2CCSc3ccc(C)cc32)c(C)nn1C. The molecule has 3 rings (SSSR count). The number of carbonyl (C=O) groups excluding carboxylic acids is 1. The zero-order chi connectivity index (χ0) is 16.6. The predicted octanol–water partition coefficient (Wildman–Crippen LogP) is 3.01. The van der Waals surface area contributed by atoms with Gasteiger partial charge in [-0.1, -0.05) is 17.7 Å². The minimum Gasteiger partial charge on any atom is -0.481 e. The van der Waals surface area contributed by atoms with Gasteiger partial charge in [0.15, 0.2) is 0 Å². The van der Waals surface area contributed by atoms with E-state index >= 15 is 0 Å². The third kappa shape index (κ3) is 2.95. The Morgan fingerprint density at radius 3 is 2.96 bits per heavy atom. The summed E-state index contributed by atoms with van der Waals surface area (Å²) in [5, 5.41) is 7.44. The number of aromatic nitrogens is 2. The molecule has 0 spiro atoms. The van der Waals surface area contributed by atoms with Crippen molar-refractivity contribution in [1.29, 1.82) is 0 Å². The van der Waals surface area contributed by atoms with Crippen LogP contribution < -0.4 is 10.1 Å². The Balaban J connectivity index is 1.89. The summed E-state index contributed by atoms with van der Waals surface area (Å²) in [5.41, 5.74) is 3.61. The Morgan fingerprint density at radius 1 is 1.43 bits per heavy atom. The molecule has 2 heterocycles. The summed E-state index contributed by atoms with van der Waals surface area (Å²) in [6, 6.07) is 6.45. The first-order valence-corrected chi connectivity index (χ1v) is 8.61. The third-order valence-electron chi connectivity index (χ3n) is 4.10. The highest BCUT2D eigenvalue weighted by atomic mass is 32.2. The summed E-state index contributed by atoms with van der Waals surface area (Å²) >= 11 is 1.85. The molecule has 1 amide bonds. The Labute approximate surface area is 140 Å². The van der Waals surface area contributed by atoms with E-state index in [1.807, 2.05) is 18.7 Å². The number of hydrogen-bond acceptors (Lipinski definition) is 4. The number of methoxy groups -OCH3 is 1. The Kier molecular flexibility index (Phi) is 4.35. The Bertz CT molecular complexity index is 755. The van der Waals surface area contributed by atoms with E-state index < -0.39 is 0 Å². The quantitative estimate of drug-likeness (QED) is 0.939. The highest BCUT2D eigenvalue weighted by molar-refractivity contribution is 7.99. The lowest BCUT2D eigenvalue weighted by Crippen LogP contribution is -2.31. The summed E-state index contributed by atoms with van der Waals surface area (Å²) in [5.74, 6) is 1.37. The number of amides is 1. The van der Waals surface area contributed by atoms with Crippen LogP contribution in [-0.2, 0) is 7.05 Å². The van der Waals surface area contributed by atoms with Crippen molar-refractivity contribution >= 4 is 17.7 Å². The van der Waals surface area contributed by atoms with Gasteiger partial charge in [-0.25, -0.2) is 4.68 Å². The first-order chi connectivity index (χ1) is 11.0. The van der Waals surface area contributed by atoms with E-state index in [4.69, 9.17) is 4.74 Å². The van der Waals surface area contributed by atoms with Crippen molar-refractivity contribution in [3.05, 3.63) is 40.6 Å². The van der Waals surface area contributed by atoms with Gasteiger partial charge in [-0.3, -0.25) is 4.79 Å². The average Bonchev–Trinajstić information content (AvgIpc) is 2.81. The maximum absolute atomic E-state index is 12.8. The molecular weight excluding hydrogens is 310 g/mol. The Morgan fingerprint density at radius 2 is 2.22 bits per heavy atom. The normalized spacial score (nSPS) is 16.8. The molecule has 6 heteroatoms. The maximum atomic E-state index is 12.8. The number of rotatable bonds is 3. The molecular formula is C17H21N3O2S. The monoisotopic (exact) mass is 331 g/mol. The van der Waals surface area contributed by atoms with E-state index in [0.29, 0.717) is 17.1 Å². The minimum absolute atomic E-state index is 0.0305. The molecule has 1 aliphatic heterocycles. The Hall–Kier alpha value is -1.95. The number of thioether (sulfide) groups is 1. The van der Waals surface area contributed by atoms with Crippen molar-refractivity contribution in [2.75, 3.05) is 12.9 Å². The van der Waals surface area contributed by atoms with Crippen LogP contribution in [0.4, 0.5) is 0 Å². The number of carbonyl (C=O) groups is 1. The van der Waals surface area contributed by atoms with Gasteiger partial charge in [0.05, 0.1) is 18.8 Å². The molecule has 0 unspecified atom stereocenters. The first-order valence-electron chi connectivity index (χ1n) is 7.63. The fourth-order valence-electron chi connectivity index (χ4n) is 3.03. The average molecular weight is 331 g/mol. The molecule has 2 aromatic rings. The number of benzene rings is 1. The second-order valence-corrected chi connectivity index (χ2v) is 6.93. The first kappa shape index (κ1) is 15.9. The van der Waals surface area contributed by atoms with Crippen LogP contribution in [-0.4, -0.2) is 28.6 Å². The summed E-state index contributed by atoms with van der Waals surface area (Å²) in [6.07, 6.45) is 0.925. The van der Waals surface area contributed by atoms with Crippen LogP contribution in [0.3, 0.4) is 0 Å². The highest BCUT2D eigenvalue weighted by Crippen LogP contribution is 2.37. The van der Waals surface area contributed by atoms with Gasteiger partial charge >= 0.3 is 0 Å². The zero-order valence-corrected chi connectivity index (χ0v) is 14.7. The van der Waals surface area contributed by atoms with Crippen LogP contribution in [0.15, 0.2) is 23.1 Å². The molecule has 5 nitrogen and oxygen atoms in total. The molecule has 0 saturated heterocycles. The molecule has 1 aromatic heterocycles. The lowest BCUT2D eigenvalue weighted by molar-refractivity contribution is 0.0931. The maximum Gasteiger partial charge on any atom is 0.259 e. The molecule has 0 saturated carbocycles. The van der Waals surface area contributed by atoms with E-state index in [9.17, 15) is 4.79 Å². The van der Waals surface area contributed by atoms with Crippen LogP contribution in [0.1, 0.15) is 39.6 Å². The molecule has 1 atom stereocenters. The fourth-order valence-corrected chi connectivity index (χ4v) is 4.13. The largest absolute Gasteiger partial charge is 0.481 e. The number of aryl methyl sites for hydroxylation is 3. The van der Waals surface area contributed by atoms with Crippen LogP contribution >= 0.6 is 11.8 Å². The topological polar surface area (TPSA) is 56.1 Å². The van der Waals surface area contributed by atoms with Crippen molar-refractivity contribution < 1.29 is 9.53 Å². The fraction of sp³-hybridized carbons (Fsp3) is 0.412. The van der Waals surface area contributed by atoms with Crippen LogP contribution in [0.5, 0.6) is 5.88 Å². The van der Waals surface area contributed by atoms with E-state index in [1.54, 1.807) is 18.8 Å². The second-order valence-electron chi connectivity index (χ2n) is 5.80. The molecule has 0 fully saturated rings. The van der Waals surface area contributed by atoms with Crippen LogP contribution in [0, 0.1) is 13.8 Å². The van der Waals surface area contributed by atoms with Gasteiger partial charge in [-0.2, -0.15) is 5.10 Å². The van der Waals surface area contributed by atoms with Crippen molar-refractivity contribution in [2.45, 2.75) is 31.2 Å². The summed E-state index contributed by atoms with van der Waals surface area (Å²) in [7, 11) is 3.33. The van der Waals surface area contributed by atoms with Gasteiger partial charge in [-0.15, -0.1) is 11.8 Å². The molecule has 0 bridgehead atoms. The molecule has 0 radical (unpaired) electrons. The molecule has 122 valence electrons. The van der Waals surface area contributed by atoms with Gasteiger partial charge < -0.3 is 10.1 Å². The van der Waals surface area contributed by atoms with Crippen molar-refractivity contribution in [3.63, 3.8) is 0 Å². The number of ether oxygens (including phenoxy) is 1.